The van der Waals surface area contributed by atoms with Crippen molar-refractivity contribution in [2.24, 2.45) is 4.99 Å². The minimum absolute atomic E-state index is 0.475. The first-order valence-corrected chi connectivity index (χ1v) is 4.74. The molecule has 1 aromatic heterocycles. The van der Waals surface area contributed by atoms with Gasteiger partial charge >= 0.3 is 0 Å². The van der Waals surface area contributed by atoms with Gasteiger partial charge in [-0.05, 0) is 19.8 Å². The average Bonchev–Trinajstić information content (AvgIpc) is 2.63. The van der Waals surface area contributed by atoms with E-state index in [2.05, 4.69) is 16.2 Å². The number of hydrogen-bond donors (Lipinski definition) is 0. The van der Waals surface area contributed by atoms with Gasteiger partial charge in [-0.2, -0.15) is 4.99 Å². The summed E-state index contributed by atoms with van der Waals surface area (Å²) in [6.07, 6.45) is 9.57. The van der Waals surface area contributed by atoms with Gasteiger partial charge in [0.15, 0.2) is 5.76 Å². The van der Waals surface area contributed by atoms with Crippen molar-refractivity contribution in [3.8, 4) is 0 Å². The maximum Gasteiger partial charge on any atom is 0.240 e. The van der Waals surface area contributed by atoms with Crippen molar-refractivity contribution in [1.82, 2.24) is 5.16 Å². The zero-order valence-electron chi connectivity index (χ0n) is 8.36. The van der Waals surface area contributed by atoms with E-state index in [0.29, 0.717) is 17.1 Å². The van der Waals surface area contributed by atoms with Crippen LogP contribution >= 0.6 is 0 Å². The summed E-state index contributed by atoms with van der Waals surface area (Å²) in [5.41, 5.74) is 2.01. The predicted octanol–water partition coefficient (Wildman–Crippen LogP) is 2.68. The van der Waals surface area contributed by atoms with Gasteiger partial charge in [0, 0.05) is 5.57 Å². The molecule has 0 saturated heterocycles. The van der Waals surface area contributed by atoms with Crippen LogP contribution in [-0.4, -0.2) is 11.2 Å². The van der Waals surface area contributed by atoms with E-state index in [4.69, 9.17) is 4.52 Å². The fraction of sp³-hybridized carbons (Fsp3) is 0.273. The lowest BCUT2D eigenvalue weighted by Crippen LogP contribution is -1.83. The van der Waals surface area contributed by atoms with Crippen LogP contribution in [0, 0.1) is 6.92 Å². The molecule has 0 fully saturated rings. The normalized spacial score (nSPS) is 14.6. The third-order valence-electron chi connectivity index (χ3n) is 2.25. The minimum Gasteiger partial charge on any atom is -0.354 e. The lowest BCUT2D eigenvalue weighted by molar-refractivity contribution is 0.406. The van der Waals surface area contributed by atoms with E-state index in [9.17, 15) is 4.79 Å². The molecule has 1 heterocycles. The highest BCUT2D eigenvalue weighted by Gasteiger charge is 2.15. The number of nitrogens with zero attached hydrogens (tertiary/aromatic N) is 2. The molecule has 0 radical (unpaired) electrons. The second-order valence-electron chi connectivity index (χ2n) is 3.29. The Balaban J connectivity index is 2.48. The third kappa shape index (κ3) is 1.80. The molecule has 4 nitrogen and oxygen atoms in total. The van der Waals surface area contributed by atoms with Crippen LogP contribution in [0.15, 0.2) is 27.7 Å². The summed E-state index contributed by atoms with van der Waals surface area (Å²) >= 11 is 0. The first-order valence-electron chi connectivity index (χ1n) is 4.74. The smallest absolute Gasteiger partial charge is 0.240 e. The van der Waals surface area contributed by atoms with Gasteiger partial charge in [-0.3, -0.25) is 0 Å². The largest absolute Gasteiger partial charge is 0.354 e. The van der Waals surface area contributed by atoms with Crippen LogP contribution in [-0.2, 0) is 4.79 Å². The molecular weight excluding hydrogens is 192 g/mol. The van der Waals surface area contributed by atoms with Crippen LogP contribution < -0.4 is 0 Å². The molecule has 0 atom stereocenters. The molecule has 1 aliphatic rings. The Hall–Kier alpha value is -1.93. The Morgan fingerprint density at radius 2 is 2.40 bits per heavy atom. The summed E-state index contributed by atoms with van der Waals surface area (Å²) < 4.78 is 5.15. The number of isocyanates is 1. The van der Waals surface area contributed by atoms with Crippen LogP contribution in [0.1, 0.15) is 24.3 Å². The lowest BCUT2D eigenvalue weighted by atomic mass is 10.0. The number of allylic oxidation sites excluding steroid dienone is 4. The Morgan fingerprint density at radius 1 is 1.53 bits per heavy atom. The van der Waals surface area contributed by atoms with Gasteiger partial charge in [0.1, 0.15) is 11.4 Å². The van der Waals surface area contributed by atoms with Crippen molar-refractivity contribution in [1.29, 1.82) is 0 Å². The highest BCUT2D eigenvalue weighted by Crippen LogP contribution is 2.31. The summed E-state index contributed by atoms with van der Waals surface area (Å²) in [5, 5.41) is 3.79. The molecular formula is C11H10N2O2. The molecule has 76 valence electrons. The van der Waals surface area contributed by atoms with Crippen molar-refractivity contribution in [3.05, 3.63) is 29.7 Å². The molecule has 0 bridgehead atoms. The molecule has 1 aromatic rings. The van der Waals surface area contributed by atoms with Crippen LogP contribution in [0.2, 0.25) is 0 Å². The molecule has 0 N–H and O–H groups in total. The van der Waals surface area contributed by atoms with Crippen LogP contribution in [0.3, 0.4) is 0 Å². The van der Waals surface area contributed by atoms with Crippen molar-refractivity contribution < 1.29 is 9.32 Å². The number of carbonyl (C=O) groups excluding carboxylic acids is 1. The van der Waals surface area contributed by atoms with Crippen LogP contribution in [0.4, 0.5) is 5.69 Å². The van der Waals surface area contributed by atoms with E-state index >= 15 is 0 Å². The van der Waals surface area contributed by atoms with Crippen molar-refractivity contribution in [2.45, 2.75) is 19.8 Å². The van der Waals surface area contributed by atoms with Crippen LogP contribution in [0.5, 0.6) is 0 Å². The van der Waals surface area contributed by atoms with Gasteiger partial charge in [0.2, 0.25) is 6.08 Å². The molecule has 1 aliphatic carbocycles. The maximum absolute atomic E-state index is 10.3. The van der Waals surface area contributed by atoms with E-state index in [1.807, 2.05) is 12.2 Å². The summed E-state index contributed by atoms with van der Waals surface area (Å²) in [4.78, 5) is 13.9. The summed E-state index contributed by atoms with van der Waals surface area (Å²) in [5.74, 6) is 0.548. The van der Waals surface area contributed by atoms with E-state index < -0.39 is 0 Å². The maximum atomic E-state index is 10.3. The molecule has 0 spiro atoms. The molecule has 0 saturated carbocycles. The van der Waals surface area contributed by atoms with Crippen LogP contribution in [0.25, 0.3) is 5.57 Å². The Morgan fingerprint density at radius 3 is 3.07 bits per heavy atom. The number of hydrogen-bond acceptors (Lipinski definition) is 4. The number of aliphatic imine (C=N–C) groups is 1. The second-order valence-corrected chi connectivity index (χ2v) is 3.29. The monoisotopic (exact) mass is 202 g/mol. The molecule has 4 heteroatoms. The average molecular weight is 202 g/mol. The highest BCUT2D eigenvalue weighted by molar-refractivity contribution is 5.79. The Bertz CT molecular complexity index is 477. The van der Waals surface area contributed by atoms with Gasteiger partial charge in [-0.15, -0.1) is 0 Å². The summed E-state index contributed by atoms with van der Waals surface area (Å²) in [6, 6.07) is 0. The first-order chi connectivity index (χ1) is 7.33. The third-order valence-corrected chi connectivity index (χ3v) is 2.25. The topological polar surface area (TPSA) is 55.5 Å². The van der Waals surface area contributed by atoms with Gasteiger partial charge < -0.3 is 4.52 Å². The summed E-state index contributed by atoms with van der Waals surface area (Å²) in [7, 11) is 0. The van der Waals surface area contributed by atoms with Crippen molar-refractivity contribution >= 4 is 17.3 Å². The van der Waals surface area contributed by atoms with Gasteiger partial charge in [0.05, 0.1) is 0 Å². The zero-order chi connectivity index (χ0) is 10.7. The first kappa shape index (κ1) is 9.62. The second kappa shape index (κ2) is 4.07. The molecule has 0 aromatic carbocycles. The molecule has 0 aliphatic heterocycles. The fourth-order valence-corrected chi connectivity index (χ4v) is 1.51. The molecule has 15 heavy (non-hydrogen) atoms. The Labute approximate surface area is 87.0 Å². The zero-order valence-corrected chi connectivity index (χ0v) is 8.36. The van der Waals surface area contributed by atoms with Gasteiger partial charge in [-0.25, -0.2) is 4.79 Å². The molecule has 2 rings (SSSR count). The minimum atomic E-state index is 0.475. The van der Waals surface area contributed by atoms with Gasteiger partial charge in [0.25, 0.3) is 0 Å². The molecule has 0 unspecified atom stereocenters. The SMILES string of the molecule is Cc1noc(C2=CCCC=C2)c1N=C=O. The fourth-order valence-electron chi connectivity index (χ4n) is 1.51. The number of aryl methyl sites for hydroxylation is 1. The number of rotatable bonds is 2. The van der Waals surface area contributed by atoms with Gasteiger partial charge in [-0.1, -0.05) is 23.4 Å². The van der Waals surface area contributed by atoms with E-state index in [-0.39, 0.29) is 0 Å². The number of aromatic nitrogens is 1. The van der Waals surface area contributed by atoms with Crippen molar-refractivity contribution in [2.75, 3.05) is 0 Å². The standard InChI is InChI=1S/C11H10N2O2/c1-8-10(12-7-14)11(15-13-8)9-5-3-2-4-6-9/h3,5-6H,2,4H2,1H3. The highest BCUT2D eigenvalue weighted by atomic mass is 16.5. The summed E-state index contributed by atoms with van der Waals surface area (Å²) in [6.45, 7) is 1.75. The quantitative estimate of drug-likeness (QED) is 0.547. The van der Waals surface area contributed by atoms with E-state index in [1.165, 1.54) is 6.08 Å². The lowest BCUT2D eigenvalue weighted by Gasteiger charge is -2.02. The predicted molar refractivity (Wildman–Crippen MR) is 55.4 cm³/mol. The van der Waals surface area contributed by atoms with E-state index in [0.717, 1.165) is 18.4 Å². The molecule has 0 amide bonds. The Kier molecular flexibility index (Phi) is 2.61. The van der Waals surface area contributed by atoms with E-state index in [1.54, 1.807) is 6.92 Å². The van der Waals surface area contributed by atoms with Crippen molar-refractivity contribution in [3.63, 3.8) is 0 Å².